The van der Waals surface area contributed by atoms with Gasteiger partial charge in [-0.05, 0) is 48.1 Å². The number of fused-ring (bicyclic) bond motifs is 2. The molecule has 3 heterocycles. The molecule has 0 saturated carbocycles. The van der Waals surface area contributed by atoms with Gasteiger partial charge in [0.05, 0.1) is 0 Å². The van der Waals surface area contributed by atoms with Crippen LogP contribution in [0.5, 0.6) is 0 Å². The van der Waals surface area contributed by atoms with Crippen LogP contribution in [0.25, 0.3) is 0 Å². The van der Waals surface area contributed by atoms with E-state index >= 15 is 0 Å². The molecule has 2 aromatic rings. The fraction of sp³-hybridized carbons (Fsp3) is 0.348. The molecule has 7 nitrogen and oxygen atoms in total. The van der Waals surface area contributed by atoms with Crippen LogP contribution in [0.3, 0.4) is 0 Å². The van der Waals surface area contributed by atoms with E-state index in [1.54, 1.807) is 4.90 Å². The molecule has 3 N–H and O–H groups in total. The van der Waals surface area contributed by atoms with Gasteiger partial charge in [-0.25, -0.2) is 0 Å². The molecule has 1 atom stereocenters. The van der Waals surface area contributed by atoms with Gasteiger partial charge in [-0.2, -0.15) is 0 Å². The number of amides is 3. The van der Waals surface area contributed by atoms with Gasteiger partial charge < -0.3 is 15.5 Å². The number of rotatable bonds is 3. The monoisotopic (exact) mass is 404 g/mol. The van der Waals surface area contributed by atoms with Gasteiger partial charge in [0.2, 0.25) is 11.8 Å². The van der Waals surface area contributed by atoms with Crippen molar-refractivity contribution in [2.45, 2.75) is 44.8 Å². The largest absolute Gasteiger partial charge is 0.398 e. The van der Waals surface area contributed by atoms with E-state index in [4.69, 9.17) is 5.73 Å². The summed E-state index contributed by atoms with van der Waals surface area (Å²) in [6.45, 7) is 1.93. The highest BCUT2D eigenvalue weighted by molar-refractivity contribution is 6.06. The summed E-state index contributed by atoms with van der Waals surface area (Å²) in [5, 5.41) is 2.36. The summed E-state index contributed by atoms with van der Waals surface area (Å²) in [6.07, 6.45) is 2.62. The maximum absolute atomic E-state index is 13.3. The van der Waals surface area contributed by atoms with Gasteiger partial charge in [0, 0.05) is 43.0 Å². The number of anilines is 2. The zero-order valence-corrected chi connectivity index (χ0v) is 16.7. The summed E-state index contributed by atoms with van der Waals surface area (Å²) in [5.74, 6) is -0.779. The number of hydrogen-bond donors (Lipinski definition) is 2. The highest BCUT2D eigenvalue weighted by Gasteiger charge is 2.40. The second-order valence-corrected chi connectivity index (χ2v) is 8.22. The molecule has 0 aliphatic carbocycles. The van der Waals surface area contributed by atoms with Crippen molar-refractivity contribution in [3.05, 3.63) is 58.7 Å². The van der Waals surface area contributed by atoms with E-state index < -0.39 is 6.04 Å². The van der Waals surface area contributed by atoms with Crippen molar-refractivity contribution in [3.8, 4) is 0 Å². The summed E-state index contributed by atoms with van der Waals surface area (Å²) in [5.41, 5.74) is 11.9. The molecule has 3 aliphatic rings. The second kappa shape index (κ2) is 7.16. The normalized spacial score (nSPS) is 20.8. The van der Waals surface area contributed by atoms with Crippen molar-refractivity contribution in [1.82, 2.24) is 10.2 Å². The number of nitrogen functional groups attached to an aromatic ring is 1. The first-order valence-corrected chi connectivity index (χ1v) is 10.4. The van der Waals surface area contributed by atoms with Crippen molar-refractivity contribution in [2.24, 2.45) is 0 Å². The van der Waals surface area contributed by atoms with E-state index in [0.717, 1.165) is 41.9 Å². The molecule has 0 spiro atoms. The van der Waals surface area contributed by atoms with Gasteiger partial charge in [-0.3, -0.25) is 19.7 Å². The average molecular weight is 404 g/mol. The van der Waals surface area contributed by atoms with Gasteiger partial charge in [-0.15, -0.1) is 0 Å². The topological polar surface area (TPSA) is 95.7 Å². The Balaban J connectivity index is 1.43. The second-order valence-electron chi connectivity index (χ2n) is 8.22. The molecule has 5 rings (SSSR count). The van der Waals surface area contributed by atoms with Crippen LogP contribution in [0.1, 0.15) is 46.3 Å². The third-order valence-corrected chi connectivity index (χ3v) is 6.38. The molecule has 1 saturated heterocycles. The molecule has 0 radical (unpaired) electrons. The van der Waals surface area contributed by atoms with Gasteiger partial charge in [0.25, 0.3) is 5.91 Å². The van der Waals surface area contributed by atoms with E-state index in [2.05, 4.69) is 16.3 Å². The Morgan fingerprint density at radius 1 is 1.07 bits per heavy atom. The Morgan fingerprint density at radius 3 is 2.73 bits per heavy atom. The fourth-order valence-corrected chi connectivity index (χ4v) is 4.92. The lowest BCUT2D eigenvalue weighted by atomic mass is 9.97. The molecule has 0 bridgehead atoms. The van der Waals surface area contributed by atoms with Crippen LogP contribution in [0.2, 0.25) is 0 Å². The number of piperidine rings is 1. The molecule has 2 aromatic carbocycles. The summed E-state index contributed by atoms with van der Waals surface area (Å²) >= 11 is 0. The van der Waals surface area contributed by atoms with Crippen molar-refractivity contribution in [1.29, 1.82) is 0 Å². The van der Waals surface area contributed by atoms with Crippen LogP contribution in [-0.2, 0) is 29.1 Å². The molecule has 1 fully saturated rings. The van der Waals surface area contributed by atoms with Crippen molar-refractivity contribution >= 4 is 29.1 Å². The number of benzene rings is 2. The highest BCUT2D eigenvalue weighted by atomic mass is 16.2. The van der Waals surface area contributed by atoms with Crippen LogP contribution in [-0.4, -0.2) is 35.2 Å². The van der Waals surface area contributed by atoms with Gasteiger partial charge in [0.15, 0.2) is 0 Å². The summed E-state index contributed by atoms with van der Waals surface area (Å²) in [4.78, 5) is 41.0. The number of carbonyl (C=O) groups is 3. The van der Waals surface area contributed by atoms with Crippen LogP contribution in [0.4, 0.5) is 11.4 Å². The van der Waals surface area contributed by atoms with Crippen molar-refractivity contribution in [2.75, 3.05) is 17.2 Å². The van der Waals surface area contributed by atoms with Crippen LogP contribution in [0.15, 0.2) is 36.4 Å². The molecule has 1 unspecified atom stereocenters. The first-order valence-electron chi connectivity index (χ1n) is 10.4. The Morgan fingerprint density at radius 2 is 1.90 bits per heavy atom. The van der Waals surface area contributed by atoms with Gasteiger partial charge in [0.1, 0.15) is 6.04 Å². The van der Waals surface area contributed by atoms with Crippen molar-refractivity contribution < 1.29 is 14.4 Å². The molecule has 154 valence electrons. The Bertz CT molecular complexity index is 1060. The SMILES string of the molecule is Nc1cccc2c1CCCN2Cc1cccc2c1C(=O)N(C1CCC(=O)NC1=O)C2. The van der Waals surface area contributed by atoms with E-state index in [1.807, 2.05) is 30.3 Å². The predicted molar refractivity (Wildman–Crippen MR) is 113 cm³/mol. The van der Waals surface area contributed by atoms with E-state index in [1.165, 1.54) is 5.56 Å². The number of imide groups is 1. The summed E-state index contributed by atoms with van der Waals surface area (Å²) in [7, 11) is 0. The van der Waals surface area contributed by atoms with Gasteiger partial charge >= 0.3 is 0 Å². The molecule has 3 aliphatic heterocycles. The zero-order valence-electron chi connectivity index (χ0n) is 16.7. The molecule has 30 heavy (non-hydrogen) atoms. The maximum Gasteiger partial charge on any atom is 0.255 e. The number of nitrogens with one attached hydrogen (secondary N) is 1. The Labute approximate surface area is 174 Å². The third-order valence-electron chi connectivity index (χ3n) is 6.38. The molecule has 7 heteroatoms. The molecular weight excluding hydrogens is 380 g/mol. The van der Waals surface area contributed by atoms with Crippen LogP contribution in [0, 0.1) is 0 Å². The Kier molecular flexibility index (Phi) is 4.46. The average Bonchev–Trinajstić information content (AvgIpc) is 3.06. The third kappa shape index (κ3) is 3.01. The minimum Gasteiger partial charge on any atom is -0.398 e. The quantitative estimate of drug-likeness (QED) is 0.603. The van der Waals surface area contributed by atoms with E-state index in [0.29, 0.717) is 25.1 Å². The number of carbonyl (C=O) groups excluding carboxylic acids is 3. The maximum atomic E-state index is 13.3. The van der Waals surface area contributed by atoms with Gasteiger partial charge in [-0.1, -0.05) is 24.3 Å². The van der Waals surface area contributed by atoms with E-state index in [9.17, 15) is 14.4 Å². The lowest BCUT2D eigenvalue weighted by Gasteiger charge is -2.32. The minimum absolute atomic E-state index is 0.125. The summed E-state index contributed by atoms with van der Waals surface area (Å²) in [6, 6.07) is 11.3. The number of nitrogens with zero attached hydrogens (tertiary/aromatic N) is 2. The standard InChI is InChI=1S/C23H24N4O3/c24-17-7-2-8-18-16(17)6-3-11-26(18)12-14-4-1-5-15-13-27(23(30)21(14)15)19-9-10-20(28)25-22(19)29/h1-2,4-5,7-8,19H,3,6,9-13,24H2,(H,25,28,29). The van der Waals surface area contributed by atoms with E-state index in [-0.39, 0.29) is 24.1 Å². The fourth-order valence-electron chi connectivity index (χ4n) is 4.92. The lowest BCUT2D eigenvalue weighted by Crippen LogP contribution is -2.52. The first kappa shape index (κ1) is 18.7. The first-order chi connectivity index (χ1) is 14.5. The zero-order chi connectivity index (χ0) is 20.8. The lowest BCUT2D eigenvalue weighted by molar-refractivity contribution is -0.136. The smallest absolute Gasteiger partial charge is 0.255 e. The number of nitrogens with two attached hydrogens (primary N) is 1. The van der Waals surface area contributed by atoms with Crippen LogP contribution < -0.4 is 16.0 Å². The van der Waals surface area contributed by atoms with Crippen LogP contribution >= 0.6 is 0 Å². The predicted octanol–water partition coefficient (Wildman–Crippen LogP) is 1.98. The minimum atomic E-state index is -0.592. The molecule has 0 aromatic heterocycles. The molecular formula is C23H24N4O3. The summed E-state index contributed by atoms with van der Waals surface area (Å²) < 4.78 is 0. The highest BCUT2D eigenvalue weighted by Crippen LogP contribution is 2.35. The Hall–Kier alpha value is -3.35. The number of hydrogen-bond acceptors (Lipinski definition) is 5. The molecule has 3 amide bonds. The van der Waals surface area contributed by atoms with Crippen molar-refractivity contribution in [3.63, 3.8) is 0 Å².